The maximum atomic E-state index is 5.29. The Morgan fingerprint density at radius 1 is 0.219 bits per heavy atom. The Labute approximate surface area is 370 Å². The smallest absolute Gasteiger partial charge is 0.164 e. The van der Waals surface area contributed by atoms with E-state index in [0.29, 0.717) is 17.5 Å². The van der Waals surface area contributed by atoms with Crippen LogP contribution < -0.4 is 0 Å². The van der Waals surface area contributed by atoms with Crippen molar-refractivity contribution in [3.05, 3.63) is 224 Å². The molecule has 0 N–H and O–H groups in total. The zero-order chi connectivity index (χ0) is 42.1. The number of benzene rings is 11. The molecule has 0 spiro atoms. The molecule has 1 heterocycles. The molecule has 0 saturated heterocycles. The fraction of sp³-hybridized carbons (Fsp3) is 0. The lowest BCUT2D eigenvalue weighted by molar-refractivity contribution is 1.08. The van der Waals surface area contributed by atoms with E-state index in [0.717, 1.165) is 44.2 Å². The van der Waals surface area contributed by atoms with E-state index in [1.165, 1.54) is 71.3 Å². The second kappa shape index (κ2) is 14.5. The third kappa shape index (κ3) is 5.79. The number of aromatic nitrogens is 3. The first kappa shape index (κ1) is 36.2. The predicted molar refractivity (Wildman–Crippen MR) is 267 cm³/mol. The predicted octanol–water partition coefficient (Wildman–Crippen LogP) is 16.1. The molecule has 0 atom stereocenters. The van der Waals surface area contributed by atoms with Crippen LogP contribution in [0.1, 0.15) is 0 Å². The summed E-state index contributed by atoms with van der Waals surface area (Å²) in [7, 11) is 0. The summed E-state index contributed by atoms with van der Waals surface area (Å²) >= 11 is 0. The highest BCUT2D eigenvalue weighted by Gasteiger charge is 2.23. The van der Waals surface area contributed by atoms with Crippen LogP contribution in [0, 0.1) is 0 Å². The summed E-state index contributed by atoms with van der Waals surface area (Å²) in [5.74, 6) is 1.91. The van der Waals surface area contributed by atoms with Crippen LogP contribution in [-0.4, -0.2) is 15.0 Å². The van der Waals surface area contributed by atoms with E-state index in [4.69, 9.17) is 15.0 Å². The minimum Gasteiger partial charge on any atom is -0.208 e. The molecule has 64 heavy (non-hydrogen) atoms. The van der Waals surface area contributed by atoms with Crippen LogP contribution in [0.2, 0.25) is 0 Å². The molecule has 0 radical (unpaired) electrons. The Morgan fingerprint density at radius 2 is 0.750 bits per heavy atom. The van der Waals surface area contributed by atoms with E-state index in [-0.39, 0.29) is 0 Å². The Hall–Kier alpha value is -8.53. The molecule has 3 heteroatoms. The third-order valence-electron chi connectivity index (χ3n) is 13.1. The van der Waals surface area contributed by atoms with Gasteiger partial charge in [-0.1, -0.05) is 212 Å². The van der Waals surface area contributed by atoms with Gasteiger partial charge in [-0.15, -0.1) is 0 Å². The Bertz CT molecular complexity index is 3800. The fourth-order valence-electron chi connectivity index (χ4n) is 10.1. The zero-order valence-corrected chi connectivity index (χ0v) is 34.7. The van der Waals surface area contributed by atoms with Gasteiger partial charge in [0.25, 0.3) is 0 Å². The van der Waals surface area contributed by atoms with Crippen molar-refractivity contribution in [3.63, 3.8) is 0 Å². The average Bonchev–Trinajstić information content (AvgIpc) is 3.70. The van der Waals surface area contributed by atoms with Gasteiger partial charge < -0.3 is 0 Å². The molecule has 1 aliphatic carbocycles. The standard InChI is InChI=1S/C61H37N3/c1-2-15-41(16-3-1)59-62-60(64-61(63-59)56-37-43-17-5-6-20-45(43)49-22-8-11-25-52(49)56)44-19-12-18-42(36-44)48-33-32-38-14-4-7-21-47(38)57(48)40-30-28-39(29-31-40)46-34-35-55-51-24-10-9-23-50(51)54-27-13-26-53(46)58(54)55/h1-37H. The zero-order valence-electron chi connectivity index (χ0n) is 34.7. The second-order valence-corrected chi connectivity index (χ2v) is 16.7. The summed E-state index contributed by atoms with van der Waals surface area (Å²) in [6, 6.07) is 80.6. The van der Waals surface area contributed by atoms with Crippen molar-refractivity contribution < 1.29 is 0 Å². The Kier molecular flexibility index (Phi) is 8.22. The van der Waals surface area contributed by atoms with Gasteiger partial charge in [-0.05, 0) is 111 Å². The highest BCUT2D eigenvalue weighted by Crippen LogP contribution is 2.49. The SMILES string of the molecule is c1ccc(-c2nc(-c3cccc(-c4ccc5ccccc5c4-c4ccc(-c5ccc6c7c(cccc57)-c5ccccc5-6)cc4)c3)nc(-c3cc4ccccc4c4ccccc34)n2)cc1. The lowest BCUT2D eigenvalue weighted by Crippen LogP contribution is -2.01. The van der Waals surface area contributed by atoms with E-state index < -0.39 is 0 Å². The van der Waals surface area contributed by atoms with Crippen molar-refractivity contribution in [1.29, 1.82) is 0 Å². The van der Waals surface area contributed by atoms with Crippen molar-refractivity contribution in [2.75, 3.05) is 0 Å². The first-order valence-corrected chi connectivity index (χ1v) is 21.8. The number of hydrogen-bond acceptors (Lipinski definition) is 3. The van der Waals surface area contributed by atoms with E-state index >= 15 is 0 Å². The van der Waals surface area contributed by atoms with Gasteiger partial charge >= 0.3 is 0 Å². The van der Waals surface area contributed by atoms with Crippen molar-refractivity contribution in [3.8, 4) is 89.8 Å². The molecule has 0 fully saturated rings. The molecule has 0 saturated carbocycles. The van der Waals surface area contributed by atoms with Gasteiger partial charge in [-0.2, -0.15) is 0 Å². The Balaban J connectivity index is 0.946. The molecule has 0 aliphatic heterocycles. The van der Waals surface area contributed by atoms with Crippen LogP contribution in [0.15, 0.2) is 224 Å². The monoisotopic (exact) mass is 811 g/mol. The summed E-state index contributed by atoms with van der Waals surface area (Å²) < 4.78 is 0. The minimum atomic E-state index is 0.628. The molecule has 0 amide bonds. The van der Waals surface area contributed by atoms with Crippen molar-refractivity contribution in [1.82, 2.24) is 15.0 Å². The number of nitrogens with zero attached hydrogens (tertiary/aromatic N) is 3. The molecule has 11 aromatic carbocycles. The van der Waals surface area contributed by atoms with Gasteiger partial charge in [-0.25, -0.2) is 15.0 Å². The van der Waals surface area contributed by atoms with Crippen LogP contribution in [0.25, 0.3) is 133 Å². The van der Waals surface area contributed by atoms with Crippen LogP contribution in [0.3, 0.4) is 0 Å². The van der Waals surface area contributed by atoms with Crippen molar-refractivity contribution >= 4 is 43.1 Å². The summed E-state index contributed by atoms with van der Waals surface area (Å²) in [5, 5.41) is 9.67. The molecular weight excluding hydrogens is 775 g/mol. The summed E-state index contributed by atoms with van der Waals surface area (Å²) in [4.78, 5) is 15.6. The molecule has 296 valence electrons. The van der Waals surface area contributed by atoms with Gasteiger partial charge in [0.05, 0.1) is 0 Å². The van der Waals surface area contributed by atoms with Crippen LogP contribution in [-0.2, 0) is 0 Å². The van der Waals surface area contributed by atoms with Crippen LogP contribution in [0.4, 0.5) is 0 Å². The van der Waals surface area contributed by atoms with E-state index in [1.54, 1.807) is 0 Å². The lowest BCUT2D eigenvalue weighted by atomic mass is 9.88. The van der Waals surface area contributed by atoms with Gasteiger partial charge in [0.1, 0.15) is 0 Å². The quantitative estimate of drug-likeness (QED) is 0.157. The van der Waals surface area contributed by atoms with Gasteiger partial charge in [-0.3, -0.25) is 0 Å². The highest BCUT2D eigenvalue weighted by molar-refractivity contribution is 6.19. The van der Waals surface area contributed by atoms with Crippen LogP contribution in [0.5, 0.6) is 0 Å². The summed E-state index contributed by atoms with van der Waals surface area (Å²) in [6.45, 7) is 0. The first-order chi connectivity index (χ1) is 31.7. The van der Waals surface area contributed by atoms with Gasteiger partial charge in [0, 0.05) is 16.7 Å². The normalized spacial score (nSPS) is 11.8. The second-order valence-electron chi connectivity index (χ2n) is 16.7. The summed E-state index contributed by atoms with van der Waals surface area (Å²) in [6.07, 6.45) is 0. The molecule has 0 unspecified atom stereocenters. The molecular formula is C61H37N3. The molecule has 0 bridgehead atoms. The minimum absolute atomic E-state index is 0.628. The lowest BCUT2D eigenvalue weighted by Gasteiger charge is -2.16. The highest BCUT2D eigenvalue weighted by atomic mass is 15.0. The largest absolute Gasteiger partial charge is 0.208 e. The molecule has 3 nitrogen and oxygen atoms in total. The molecule has 12 aromatic rings. The average molecular weight is 812 g/mol. The van der Waals surface area contributed by atoms with E-state index in [1.807, 2.05) is 18.2 Å². The van der Waals surface area contributed by atoms with Crippen molar-refractivity contribution in [2.24, 2.45) is 0 Å². The fourth-order valence-corrected chi connectivity index (χ4v) is 10.1. The molecule has 1 aliphatic rings. The van der Waals surface area contributed by atoms with E-state index in [2.05, 4.69) is 206 Å². The van der Waals surface area contributed by atoms with Crippen molar-refractivity contribution in [2.45, 2.75) is 0 Å². The maximum Gasteiger partial charge on any atom is 0.164 e. The number of hydrogen-bond donors (Lipinski definition) is 0. The molecule has 1 aromatic heterocycles. The van der Waals surface area contributed by atoms with Gasteiger partial charge in [0.15, 0.2) is 17.5 Å². The van der Waals surface area contributed by atoms with E-state index in [9.17, 15) is 0 Å². The van der Waals surface area contributed by atoms with Gasteiger partial charge in [0.2, 0.25) is 0 Å². The van der Waals surface area contributed by atoms with Crippen LogP contribution >= 0.6 is 0 Å². The Morgan fingerprint density at radius 3 is 1.56 bits per heavy atom. The maximum absolute atomic E-state index is 5.29. The number of rotatable bonds is 6. The third-order valence-corrected chi connectivity index (χ3v) is 13.1. The first-order valence-electron chi connectivity index (χ1n) is 21.8. The number of fused-ring (bicyclic) bond motifs is 7. The molecule has 13 rings (SSSR count). The summed E-state index contributed by atoms with van der Waals surface area (Å²) in [5.41, 5.74) is 15.1. The topological polar surface area (TPSA) is 38.7 Å².